The van der Waals surface area contributed by atoms with E-state index in [1.54, 1.807) is 0 Å². The Hall–Kier alpha value is -2.30. The van der Waals surface area contributed by atoms with E-state index in [2.05, 4.69) is 4.98 Å². The summed E-state index contributed by atoms with van der Waals surface area (Å²) in [6.45, 7) is 1.31. The zero-order valence-electron chi connectivity index (χ0n) is 14.4. The van der Waals surface area contributed by atoms with Crippen molar-refractivity contribution in [2.75, 3.05) is 13.1 Å². The highest BCUT2D eigenvalue weighted by atomic mass is 35.5. The molecule has 2 N–H and O–H groups in total. The molecule has 4 nitrogen and oxygen atoms in total. The first-order valence-corrected chi connectivity index (χ1v) is 9.30. The number of nitrogens with one attached hydrogen (secondary N) is 1. The lowest BCUT2D eigenvalue weighted by molar-refractivity contribution is 0.0459. The van der Waals surface area contributed by atoms with Gasteiger partial charge in [-0.3, -0.25) is 4.79 Å². The molecule has 2 aromatic carbocycles. The summed E-state index contributed by atoms with van der Waals surface area (Å²) in [4.78, 5) is 17.8. The van der Waals surface area contributed by atoms with Gasteiger partial charge in [0.1, 0.15) is 5.69 Å². The number of hydrogen-bond donors (Lipinski definition) is 2. The summed E-state index contributed by atoms with van der Waals surface area (Å²) in [5.41, 5.74) is 2.45. The SMILES string of the molecule is O=C(c1cc2cc(Cl)ccc2[nH]1)N1CCC(C(O)c2ccccc2)CC1. The van der Waals surface area contributed by atoms with Gasteiger partial charge in [-0.05, 0) is 48.6 Å². The van der Waals surface area contributed by atoms with Crippen LogP contribution < -0.4 is 0 Å². The number of aromatic amines is 1. The molecule has 0 radical (unpaired) electrons. The molecule has 1 saturated heterocycles. The zero-order valence-corrected chi connectivity index (χ0v) is 15.1. The van der Waals surface area contributed by atoms with Gasteiger partial charge in [0, 0.05) is 29.0 Å². The number of aliphatic hydroxyl groups excluding tert-OH is 1. The van der Waals surface area contributed by atoms with E-state index >= 15 is 0 Å². The third kappa shape index (κ3) is 3.35. The average molecular weight is 369 g/mol. The van der Waals surface area contributed by atoms with Crippen LogP contribution in [0, 0.1) is 5.92 Å². The second kappa shape index (κ2) is 7.14. The van der Waals surface area contributed by atoms with Crippen molar-refractivity contribution < 1.29 is 9.90 Å². The minimum Gasteiger partial charge on any atom is -0.388 e. The summed E-state index contributed by atoms with van der Waals surface area (Å²) in [6.07, 6.45) is 1.13. The van der Waals surface area contributed by atoms with E-state index in [0.717, 1.165) is 29.3 Å². The van der Waals surface area contributed by atoms with E-state index < -0.39 is 6.10 Å². The van der Waals surface area contributed by atoms with Gasteiger partial charge in [0.2, 0.25) is 0 Å². The second-order valence-electron chi connectivity index (χ2n) is 6.90. The minimum atomic E-state index is -0.469. The highest BCUT2D eigenvalue weighted by Crippen LogP contribution is 2.31. The number of carbonyl (C=O) groups is 1. The predicted octanol–water partition coefficient (Wildman–Crippen LogP) is 4.41. The van der Waals surface area contributed by atoms with E-state index in [4.69, 9.17) is 11.6 Å². The van der Waals surface area contributed by atoms with Crippen molar-refractivity contribution in [3.8, 4) is 0 Å². The molecule has 1 atom stereocenters. The first kappa shape index (κ1) is 17.1. The van der Waals surface area contributed by atoms with Gasteiger partial charge in [-0.25, -0.2) is 0 Å². The fourth-order valence-electron chi connectivity index (χ4n) is 3.73. The van der Waals surface area contributed by atoms with Gasteiger partial charge in [0.15, 0.2) is 0 Å². The summed E-state index contributed by atoms with van der Waals surface area (Å²) in [7, 11) is 0. The van der Waals surface area contributed by atoms with E-state index in [1.165, 1.54) is 0 Å². The van der Waals surface area contributed by atoms with Crippen LogP contribution in [0.2, 0.25) is 5.02 Å². The number of amides is 1. The van der Waals surface area contributed by atoms with Gasteiger partial charge in [0.05, 0.1) is 6.10 Å². The standard InChI is InChI=1S/C21H21ClN2O2/c22-17-6-7-18-16(12-17)13-19(23-18)21(26)24-10-8-15(9-11-24)20(25)14-4-2-1-3-5-14/h1-7,12-13,15,20,23,25H,8-11H2. The Morgan fingerprint density at radius 2 is 1.85 bits per heavy atom. The smallest absolute Gasteiger partial charge is 0.270 e. The molecule has 0 spiro atoms. The third-order valence-corrected chi connectivity index (χ3v) is 5.46. The molecule has 4 rings (SSSR count). The van der Waals surface area contributed by atoms with Gasteiger partial charge in [-0.15, -0.1) is 0 Å². The van der Waals surface area contributed by atoms with Crippen molar-refractivity contribution in [2.24, 2.45) is 5.92 Å². The van der Waals surface area contributed by atoms with E-state index in [-0.39, 0.29) is 11.8 Å². The Kier molecular flexibility index (Phi) is 4.70. The van der Waals surface area contributed by atoms with Crippen LogP contribution in [0.5, 0.6) is 0 Å². The summed E-state index contributed by atoms with van der Waals surface area (Å²) in [5.74, 6) is 0.188. The number of rotatable bonds is 3. The molecular formula is C21H21ClN2O2. The number of halogens is 1. The Balaban J connectivity index is 1.43. The van der Waals surface area contributed by atoms with Gasteiger partial charge < -0.3 is 15.0 Å². The summed E-state index contributed by atoms with van der Waals surface area (Å²) < 4.78 is 0. The Morgan fingerprint density at radius 1 is 1.12 bits per heavy atom. The van der Waals surface area contributed by atoms with Crippen molar-refractivity contribution in [2.45, 2.75) is 18.9 Å². The van der Waals surface area contributed by atoms with Gasteiger partial charge in [0.25, 0.3) is 5.91 Å². The fraction of sp³-hybridized carbons (Fsp3) is 0.286. The number of carbonyl (C=O) groups excluding carboxylic acids is 1. The number of H-pyrrole nitrogens is 1. The summed E-state index contributed by atoms with van der Waals surface area (Å²) in [6, 6.07) is 17.2. The Morgan fingerprint density at radius 3 is 2.58 bits per heavy atom. The maximum Gasteiger partial charge on any atom is 0.270 e. The first-order chi connectivity index (χ1) is 12.6. The summed E-state index contributed by atoms with van der Waals surface area (Å²) in [5, 5.41) is 12.2. The van der Waals surface area contributed by atoms with Crippen LogP contribution >= 0.6 is 11.6 Å². The molecule has 1 aliphatic heterocycles. The van der Waals surface area contributed by atoms with Crippen LogP contribution in [0.3, 0.4) is 0 Å². The second-order valence-corrected chi connectivity index (χ2v) is 7.34. The zero-order chi connectivity index (χ0) is 18.1. The Labute approximate surface area is 157 Å². The molecule has 1 unspecified atom stereocenters. The van der Waals surface area contributed by atoms with Crippen LogP contribution in [0.25, 0.3) is 10.9 Å². The van der Waals surface area contributed by atoms with E-state index in [0.29, 0.717) is 23.8 Å². The van der Waals surface area contributed by atoms with Crippen LogP contribution in [-0.2, 0) is 0 Å². The van der Waals surface area contributed by atoms with Crippen LogP contribution in [0.1, 0.15) is 35.0 Å². The van der Waals surface area contributed by atoms with Crippen molar-refractivity contribution in [3.63, 3.8) is 0 Å². The molecule has 0 aliphatic carbocycles. The number of nitrogens with zero attached hydrogens (tertiary/aromatic N) is 1. The molecule has 1 fully saturated rings. The summed E-state index contributed by atoms with van der Waals surface area (Å²) >= 11 is 6.02. The van der Waals surface area contributed by atoms with Gasteiger partial charge >= 0.3 is 0 Å². The fourth-order valence-corrected chi connectivity index (χ4v) is 3.91. The number of aromatic nitrogens is 1. The highest BCUT2D eigenvalue weighted by molar-refractivity contribution is 6.31. The number of benzene rings is 2. The predicted molar refractivity (Wildman–Crippen MR) is 103 cm³/mol. The molecule has 1 aliphatic rings. The lowest BCUT2D eigenvalue weighted by Gasteiger charge is -2.34. The quantitative estimate of drug-likeness (QED) is 0.719. The molecule has 1 amide bonds. The minimum absolute atomic E-state index is 0.00460. The third-order valence-electron chi connectivity index (χ3n) is 5.23. The number of hydrogen-bond acceptors (Lipinski definition) is 2. The monoisotopic (exact) mass is 368 g/mol. The Bertz CT molecular complexity index is 914. The van der Waals surface area contributed by atoms with Crippen molar-refractivity contribution >= 4 is 28.4 Å². The lowest BCUT2D eigenvalue weighted by atomic mass is 9.87. The molecule has 134 valence electrons. The maximum atomic E-state index is 12.8. The largest absolute Gasteiger partial charge is 0.388 e. The first-order valence-electron chi connectivity index (χ1n) is 8.92. The number of likely N-dealkylation sites (tertiary alicyclic amines) is 1. The van der Waals surface area contributed by atoms with Crippen LogP contribution in [-0.4, -0.2) is 34.0 Å². The van der Waals surface area contributed by atoms with Crippen LogP contribution in [0.4, 0.5) is 0 Å². The molecule has 0 bridgehead atoms. The van der Waals surface area contributed by atoms with Crippen molar-refractivity contribution in [3.05, 3.63) is 70.9 Å². The van der Waals surface area contributed by atoms with Crippen molar-refractivity contribution in [1.82, 2.24) is 9.88 Å². The lowest BCUT2D eigenvalue weighted by Crippen LogP contribution is -2.39. The molecule has 5 heteroatoms. The van der Waals surface area contributed by atoms with E-state index in [9.17, 15) is 9.90 Å². The molecule has 2 heterocycles. The van der Waals surface area contributed by atoms with E-state index in [1.807, 2.05) is 59.5 Å². The molecule has 1 aromatic heterocycles. The number of aliphatic hydroxyl groups is 1. The highest BCUT2D eigenvalue weighted by Gasteiger charge is 2.29. The molecule has 0 saturated carbocycles. The van der Waals surface area contributed by atoms with Gasteiger partial charge in [-0.2, -0.15) is 0 Å². The molecular weight excluding hydrogens is 348 g/mol. The molecule has 26 heavy (non-hydrogen) atoms. The van der Waals surface area contributed by atoms with Gasteiger partial charge in [-0.1, -0.05) is 41.9 Å². The molecule has 3 aromatic rings. The number of piperidine rings is 1. The van der Waals surface area contributed by atoms with Crippen molar-refractivity contribution in [1.29, 1.82) is 0 Å². The number of fused-ring (bicyclic) bond motifs is 1. The topological polar surface area (TPSA) is 56.3 Å². The van der Waals surface area contributed by atoms with Crippen LogP contribution in [0.15, 0.2) is 54.6 Å². The normalized spacial score (nSPS) is 16.8. The average Bonchev–Trinajstić information content (AvgIpc) is 3.11. The maximum absolute atomic E-state index is 12.8.